The molecule has 0 bridgehead atoms. The minimum atomic E-state index is -4.48. The summed E-state index contributed by atoms with van der Waals surface area (Å²) < 4.78 is 56.1. The van der Waals surface area contributed by atoms with Crippen LogP contribution in [-0.2, 0) is 12.3 Å². The first-order valence-corrected chi connectivity index (χ1v) is 4.66. The number of rotatable bonds is 2. The first kappa shape index (κ1) is 11.2. The van der Waals surface area contributed by atoms with E-state index >= 15 is 0 Å². The van der Waals surface area contributed by atoms with Crippen molar-refractivity contribution in [3.8, 4) is 5.75 Å². The number of alkyl halides is 4. The fraction of sp³-hybridized carbons (Fsp3) is 0.400. The topological polar surface area (TPSA) is 35.2 Å². The lowest BCUT2D eigenvalue weighted by molar-refractivity contribution is -0.296. The fourth-order valence-electron chi connectivity index (χ4n) is 1.59. The summed E-state index contributed by atoms with van der Waals surface area (Å²) in [5.41, 5.74) is 4.97. The molecule has 0 saturated heterocycles. The third-order valence-electron chi connectivity index (χ3n) is 2.42. The molecule has 1 aromatic carbocycles. The highest BCUT2D eigenvalue weighted by Gasteiger charge is 2.66. The van der Waals surface area contributed by atoms with Gasteiger partial charge in [0.05, 0.1) is 5.56 Å². The van der Waals surface area contributed by atoms with Crippen LogP contribution in [-0.4, -0.2) is 12.7 Å². The first-order chi connectivity index (χ1) is 7.38. The fourth-order valence-corrected chi connectivity index (χ4v) is 1.59. The molecular weight excluding hydrogens is 226 g/mol. The standard InChI is InChI=1S/C10H9F4NO/c11-9(12)7-5-6(3-4-15)1-2-8(7)16-10(9,13)14/h1-2,5H,3-4,15H2. The molecule has 0 spiro atoms. The van der Waals surface area contributed by atoms with Crippen molar-refractivity contribution in [3.05, 3.63) is 29.3 Å². The van der Waals surface area contributed by atoms with Crippen LogP contribution in [0.5, 0.6) is 5.75 Å². The van der Waals surface area contributed by atoms with Gasteiger partial charge in [-0.25, -0.2) is 0 Å². The Hall–Kier alpha value is -1.30. The van der Waals surface area contributed by atoms with E-state index in [1.807, 2.05) is 0 Å². The van der Waals surface area contributed by atoms with Gasteiger partial charge >= 0.3 is 12.0 Å². The quantitative estimate of drug-likeness (QED) is 0.798. The van der Waals surface area contributed by atoms with Crippen molar-refractivity contribution in [2.75, 3.05) is 6.54 Å². The molecule has 0 aromatic heterocycles. The second-order valence-electron chi connectivity index (χ2n) is 3.56. The molecule has 0 fully saturated rings. The Labute approximate surface area is 89.0 Å². The van der Waals surface area contributed by atoms with Crippen LogP contribution in [0.25, 0.3) is 0 Å². The van der Waals surface area contributed by atoms with Gasteiger partial charge in [-0.05, 0) is 30.7 Å². The highest BCUT2D eigenvalue weighted by Crippen LogP contribution is 2.53. The van der Waals surface area contributed by atoms with E-state index in [4.69, 9.17) is 5.73 Å². The van der Waals surface area contributed by atoms with Crippen LogP contribution in [0.15, 0.2) is 18.2 Å². The molecule has 1 aromatic rings. The number of halogens is 4. The van der Waals surface area contributed by atoms with E-state index in [0.717, 1.165) is 12.1 Å². The molecule has 0 saturated carbocycles. The van der Waals surface area contributed by atoms with E-state index in [2.05, 4.69) is 4.74 Å². The number of fused-ring (bicyclic) bond motifs is 1. The van der Waals surface area contributed by atoms with Crippen LogP contribution < -0.4 is 10.5 Å². The Kier molecular flexibility index (Phi) is 2.34. The van der Waals surface area contributed by atoms with Crippen molar-refractivity contribution in [1.29, 1.82) is 0 Å². The molecule has 88 valence electrons. The summed E-state index contributed by atoms with van der Waals surface area (Å²) in [7, 11) is 0. The molecule has 0 atom stereocenters. The monoisotopic (exact) mass is 235 g/mol. The van der Waals surface area contributed by atoms with Crippen molar-refractivity contribution in [2.24, 2.45) is 5.73 Å². The summed E-state index contributed by atoms with van der Waals surface area (Å²) in [5.74, 6) is -4.76. The summed E-state index contributed by atoms with van der Waals surface area (Å²) in [6, 6.07) is 3.58. The van der Waals surface area contributed by atoms with Gasteiger partial charge in [-0.1, -0.05) is 6.07 Å². The maximum Gasteiger partial charge on any atom is 0.469 e. The van der Waals surface area contributed by atoms with E-state index < -0.39 is 23.3 Å². The van der Waals surface area contributed by atoms with Crippen molar-refractivity contribution in [1.82, 2.24) is 0 Å². The van der Waals surface area contributed by atoms with Crippen molar-refractivity contribution >= 4 is 0 Å². The van der Waals surface area contributed by atoms with E-state index in [9.17, 15) is 17.6 Å². The lowest BCUT2D eigenvalue weighted by Gasteiger charge is -2.16. The predicted molar refractivity (Wildman–Crippen MR) is 48.7 cm³/mol. The van der Waals surface area contributed by atoms with Crippen LogP contribution in [0.3, 0.4) is 0 Å². The Morgan fingerprint density at radius 2 is 1.88 bits per heavy atom. The molecule has 2 rings (SSSR count). The zero-order valence-electron chi connectivity index (χ0n) is 8.14. The van der Waals surface area contributed by atoms with Crippen molar-refractivity contribution in [2.45, 2.75) is 18.5 Å². The molecule has 1 heterocycles. The summed E-state index contributed by atoms with van der Waals surface area (Å²) in [6.45, 7) is 0.265. The van der Waals surface area contributed by atoms with Gasteiger partial charge in [-0.2, -0.15) is 17.6 Å². The van der Waals surface area contributed by atoms with Crippen molar-refractivity contribution in [3.63, 3.8) is 0 Å². The summed E-state index contributed by atoms with van der Waals surface area (Å²) in [5, 5.41) is 0. The molecule has 6 heteroatoms. The number of hydrogen-bond donors (Lipinski definition) is 1. The summed E-state index contributed by atoms with van der Waals surface area (Å²) >= 11 is 0. The van der Waals surface area contributed by atoms with Crippen LogP contribution in [0, 0.1) is 0 Å². The third-order valence-corrected chi connectivity index (χ3v) is 2.42. The molecule has 16 heavy (non-hydrogen) atoms. The molecule has 0 aliphatic carbocycles. The van der Waals surface area contributed by atoms with E-state index in [0.29, 0.717) is 12.0 Å². The Morgan fingerprint density at radius 3 is 2.50 bits per heavy atom. The van der Waals surface area contributed by atoms with Gasteiger partial charge in [0.15, 0.2) is 0 Å². The number of ether oxygens (including phenoxy) is 1. The number of nitrogens with two attached hydrogens (primary N) is 1. The smallest absolute Gasteiger partial charge is 0.427 e. The van der Waals surface area contributed by atoms with Gasteiger partial charge < -0.3 is 10.5 Å². The zero-order valence-corrected chi connectivity index (χ0v) is 8.14. The average molecular weight is 235 g/mol. The van der Waals surface area contributed by atoms with Gasteiger partial charge in [0.2, 0.25) is 0 Å². The van der Waals surface area contributed by atoms with E-state index in [-0.39, 0.29) is 6.54 Å². The van der Waals surface area contributed by atoms with Gasteiger partial charge in [0.1, 0.15) is 5.75 Å². The highest BCUT2D eigenvalue weighted by molar-refractivity contribution is 5.44. The van der Waals surface area contributed by atoms with Crippen LogP contribution >= 0.6 is 0 Å². The molecule has 0 amide bonds. The number of benzene rings is 1. The van der Waals surface area contributed by atoms with E-state index in [1.54, 1.807) is 0 Å². The van der Waals surface area contributed by atoms with Crippen LogP contribution in [0.1, 0.15) is 11.1 Å². The van der Waals surface area contributed by atoms with Gasteiger partial charge in [0.25, 0.3) is 0 Å². The Morgan fingerprint density at radius 1 is 1.19 bits per heavy atom. The molecule has 2 nitrogen and oxygen atoms in total. The molecule has 0 unspecified atom stereocenters. The predicted octanol–water partition coefficient (Wildman–Crippen LogP) is 2.26. The molecule has 1 aliphatic heterocycles. The normalized spacial score (nSPS) is 20.3. The maximum absolute atomic E-state index is 13.2. The van der Waals surface area contributed by atoms with E-state index in [1.165, 1.54) is 6.07 Å². The lowest BCUT2D eigenvalue weighted by atomic mass is 10.0. The molecular formula is C10H9F4NO. The van der Waals surface area contributed by atoms with Crippen LogP contribution in [0.4, 0.5) is 17.6 Å². The Balaban J connectivity index is 2.46. The maximum atomic E-state index is 13.2. The van der Waals surface area contributed by atoms with Gasteiger partial charge in [-0.15, -0.1) is 0 Å². The van der Waals surface area contributed by atoms with Crippen molar-refractivity contribution < 1.29 is 22.3 Å². The average Bonchev–Trinajstić information content (AvgIpc) is 2.36. The van der Waals surface area contributed by atoms with Crippen LogP contribution in [0.2, 0.25) is 0 Å². The largest absolute Gasteiger partial charge is 0.469 e. The summed E-state index contributed by atoms with van der Waals surface area (Å²) in [4.78, 5) is 0. The minimum Gasteiger partial charge on any atom is -0.427 e. The second-order valence-corrected chi connectivity index (χ2v) is 3.56. The molecule has 0 radical (unpaired) electrons. The minimum absolute atomic E-state index is 0.265. The zero-order chi connectivity index (χ0) is 12.0. The SMILES string of the molecule is NCCc1ccc2c(c1)C(F)(F)C(F)(F)O2. The highest BCUT2D eigenvalue weighted by atomic mass is 19.3. The first-order valence-electron chi connectivity index (χ1n) is 4.66. The second kappa shape index (κ2) is 3.35. The van der Waals surface area contributed by atoms with Gasteiger partial charge in [-0.3, -0.25) is 0 Å². The molecule has 2 N–H and O–H groups in total. The van der Waals surface area contributed by atoms with Gasteiger partial charge in [0, 0.05) is 0 Å². The third kappa shape index (κ3) is 1.44. The Bertz CT molecular complexity index is 419. The summed E-state index contributed by atoms with van der Waals surface area (Å²) in [6.07, 6.45) is -4.12. The lowest BCUT2D eigenvalue weighted by Crippen LogP contribution is -2.37. The number of hydrogen-bond acceptors (Lipinski definition) is 2. The molecule has 1 aliphatic rings.